The molecule has 4 aliphatic rings. The van der Waals surface area contributed by atoms with Crippen molar-refractivity contribution in [3.8, 4) is 5.88 Å². The molecule has 4 aliphatic carbocycles. The molecule has 1 aromatic rings. The largest absolute Gasteiger partial charge is 0.475 e. The smallest absolute Gasteiger partial charge is 0.226 e. The number of aromatic nitrogens is 1. The number of hydrogen-bond acceptors (Lipinski definition) is 5. The van der Waals surface area contributed by atoms with Crippen LogP contribution in [0.2, 0.25) is 0 Å². The molecule has 29 heavy (non-hydrogen) atoms. The number of anilines is 1. The van der Waals surface area contributed by atoms with Crippen LogP contribution in [0, 0.1) is 23.2 Å². The Labute approximate surface area is 171 Å². The van der Waals surface area contributed by atoms with Gasteiger partial charge in [-0.2, -0.15) is 0 Å². The minimum atomic E-state index is -0.159. The molecule has 1 heterocycles. The summed E-state index contributed by atoms with van der Waals surface area (Å²) in [6, 6.07) is 3.46. The van der Waals surface area contributed by atoms with Crippen LogP contribution in [0.25, 0.3) is 0 Å². The Hall–Kier alpha value is -2.15. The number of hydrogen-bond donors (Lipinski definition) is 2. The standard InChI is InChI=1S/C22H31N3O4/c1-28-6-7-29-20-3-2-18(14-24-20)25-19(26)4-5-23-21(27)22-11-15-8-16(12-22)10-17(9-15)13-22/h2-3,14-17H,4-13H2,1H3,(H,23,27)(H,25,26). The number of ether oxygens (including phenoxy) is 2. The lowest BCUT2D eigenvalue weighted by Gasteiger charge is -2.55. The molecule has 0 radical (unpaired) electrons. The average Bonchev–Trinajstić information content (AvgIpc) is 2.68. The molecule has 0 aromatic carbocycles. The van der Waals surface area contributed by atoms with Crippen molar-refractivity contribution in [1.82, 2.24) is 10.3 Å². The second-order valence-electron chi connectivity index (χ2n) is 8.98. The zero-order chi connectivity index (χ0) is 20.3. The van der Waals surface area contributed by atoms with Gasteiger partial charge in [-0.15, -0.1) is 0 Å². The Morgan fingerprint density at radius 2 is 1.79 bits per heavy atom. The maximum absolute atomic E-state index is 12.9. The maximum atomic E-state index is 12.9. The van der Waals surface area contributed by atoms with Crippen LogP contribution in [0.4, 0.5) is 5.69 Å². The van der Waals surface area contributed by atoms with E-state index < -0.39 is 0 Å². The number of nitrogens with one attached hydrogen (secondary N) is 2. The summed E-state index contributed by atoms with van der Waals surface area (Å²) in [5.41, 5.74) is 0.454. The van der Waals surface area contributed by atoms with E-state index in [-0.39, 0.29) is 23.7 Å². The summed E-state index contributed by atoms with van der Waals surface area (Å²) in [6.45, 7) is 1.30. The number of nitrogens with zero attached hydrogens (tertiary/aromatic N) is 1. The van der Waals surface area contributed by atoms with Gasteiger partial charge in [0.25, 0.3) is 0 Å². The molecule has 4 fully saturated rings. The average molecular weight is 402 g/mol. The van der Waals surface area contributed by atoms with Gasteiger partial charge in [0.2, 0.25) is 17.7 Å². The summed E-state index contributed by atoms with van der Waals surface area (Å²) < 4.78 is 10.3. The number of rotatable bonds is 9. The Balaban J connectivity index is 1.20. The van der Waals surface area contributed by atoms with Crippen molar-refractivity contribution in [2.75, 3.05) is 32.2 Å². The third-order valence-electron chi connectivity index (χ3n) is 6.72. The Morgan fingerprint density at radius 1 is 1.10 bits per heavy atom. The van der Waals surface area contributed by atoms with Crippen molar-refractivity contribution in [2.24, 2.45) is 23.2 Å². The topological polar surface area (TPSA) is 89.5 Å². The van der Waals surface area contributed by atoms with E-state index in [1.807, 2.05) is 0 Å². The molecule has 0 saturated heterocycles. The third-order valence-corrected chi connectivity index (χ3v) is 6.72. The summed E-state index contributed by atoms with van der Waals surface area (Å²) in [6.07, 6.45) is 8.90. The molecule has 4 bridgehead atoms. The van der Waals surface area contributed by atoms with Gasteiger partial charge in [0, 0.05) is 31.6 Å². The SMILES string of the molecule is COCCOc1ccc(NC(=O)CCNC(=O)C23CC4CC(CC(C4)C2)C3)cn1. The van der Waals surface area contributed by atoms with Gasteiger partial charge in [-0.3, -0.25) is 9.59 Å². The molecule has 0 unspecified atom stereocenters. The summed E-state index contributed by atoms with van der Waals surface area (Å²) >= 11 is 0. The molecule has 2 amide bonds. The van der Waals surface area contributed by atoms with Crippen LogP contribution in [0.15, 0.2) is 18.3 Å². The van der Waals surface area contributed by atoms with Crippen molar-refractivity contribution in [1.29, 1.82) is 0 Å². The van der Waals surface area contributed by atoms with Gasteiger partial charge in [-0.25, -0.2) is 4.98 Å². The van der Waals surface area contributed by atoms with Gasteiger partial charge in [0.15, 0.2) is 0 Å². The molecule has 0 aliphatic heterocycles. The fourth-order valence-electron chi connectivity index (χ4n) is 5.86. The van der Waals surface area contributed by atoms with Crippen molar-refractivity contribution < 1.29 is 19.1 Å². The molecular weight excluding hydrogens is 370 g/mol. The zero-order valence-electron chi connectivity index (χ0n) is 17.1. The summed E-state index contributed by atoms with van der Waals surface area (Å²) in [4.78, 5) is 29.3. The van der Waals surface area contributed by atoms with E-state index in [0.29, 0.717) is 31.3 Å². The predicted octanol–water partition coefficient (Wildman–Crippen LogP) is 2.77. The van der Waals surface area contributed by atoms with Crippen LogP contribution in [0.5, 0.6) is 5.88 Å². The molecule has 0 atom stereocenters. The summed E-state index contributed by atoms with van der Waals surface area (Å²) in [5.74, 6) is 2.75. The van der Waals surface area contributed by atoms with Crippen molar-refractivity contribution in [3.05, 3.63) is 18.3 Å². The number of carbonyl (C=O) groups is 2. The van der Waals surface area contributed by atoms with Crippen LogP contribution in [0.1, 0.15) is 44.9 Å². The maximum Gasteiger partial charge on any atom is 0.226 e. The van der Waals surface area contributed by atoms with Gasteiger partial charge < -0.3 is 20.1 Å². The second kappa shape index (κ2) is 8.69. The number of pyridine rings is 1. The summed E-state index contributed by atoms with van der Waals surface area (Å²) in [7, 11) is 1.61. The van der Waals surface area contributed by atoms with Crippen LogP contribution in [0.3, 0.4) is 0 Å². The summed E-state index contributed by atoms with van der Waals surface area (Å²) in [5, 5.41) is 5.86. The molecular formula is C22H31N3O4. The minimum Gasteiger partial charge on any atom is -0.475 e. The molecule has 7 heteroatoms. The highest BCUT2D eigenvalue weighted by Gasteiger charge is 2.54. The van der Waals surface area contributed by atoms with Crippen LogP contribution in [-0.4, -0.2) is 43.7 Å². The molecule has 1 aromatic heterocycles. The first-order chi connectivity index (χ1) is 14.1. The van der Waals surface area contributed by atoms with Crippen LogP contribution >= 0.6 is 0 Å². The Kier molecular flexibility index (Phi) is 6.04. The lowest BCUT2D eigenvalue weighted by molar-refractivity contribution is -0.146. The number of carbonyl (C=O) groups excluding carboxylic acids is 2. The fourth-order valence-corrected chi connectivity index (χ4v) is 5.86. The van der Waals surface area contributed by atoms with Gasteiger partial charge in [0.1, 0.15) is 6.61 Å². The molecule has 0 spiro atoms. The normalized spacial score (nSPS) is 29.5. The predicted molar refractivity (Wildman–Crippen MR) is 108 cm³/mol. The van der Waals surface area contributed by atoms with Gasteiger partial charge in [0.05, 0.1) is 18.5 Å². The van der Waals surface area contributed by atoms with Crippen LogP contribution < -0.4 is 15.4 Å². The monoisotopic (exact) mass is 401 g/mol. The van der Waals surface area contributed by atoms with Crippen molar-refractivity contribution in [2.45, 2.75) is 44.9 Å². The minimum absolute atomic E-state index is 0.134. The molecule has 158 valence electrons. The molecule has 5 rings (SSSR count). The van der Waals surface area contributed by atoms with Crippen LogP contribution in [-0.2, 0) is 14.3 Å². The Morgan fingerprint density at radius 3 is 2.38 bits per heavy atom. The Bertz CT molecular complexity index is 699. The lowest BCUT2D eigenvalue weighted by Crippen LogP contribution is -2.53. The van der Waals surface area contributed by atoms with E-state index in [0.717, 1.165) is 37.0 Å². The number of amides is 2. The van der Waals surface area contributed by atoms with E-state index in [2.05, 4.69) is 15.6 Å². The van der Waals surface area contributed by atoms with E-state index in [1.54, 1.807) is 25.4 Å². The first-order valence-electron chi connectivity index (χ1n) is 10.7. The third kappa shape index (κ3) is 4.71. The van der Waals surface area contributed by atoms with E-state index in [4.69, 9.17) is 9.47 Å². The highest BCUT2D eigenvalue weighted by Crippen LogP contribution is 2.60. The second-order valence-corrected chi connectivity index (χ2v) is 8.98. The molecule has 4 saturated carbocycles. The lowest BCUT2D eigenvalue weighted by atomic mass is 9.49. The molecule has 7 nitrogen and oxygen atoms in total. The molecule has 2 N–H and O–H groups in total. The first kappa shape index (κ1) is 20.1. The number of methoxy groups -OCH3 is 1. The van der Waals surface area contributed by atoms with Gasteiger partial charge in [-0.1, -0.05) is 0 Å². The van der Waals surface area contributed by atoms with Crippen molar-refractivity contribution >= 4 is 17.5 Å². The van der Waals surface area contributed by atoms with E-state index >= 15 is 0 Å². The zero-order valence-corrected chi connectivity index (χ0v) is 17.1. The van der Waals surface area contributed by atoms with E-state index in [1.165, 1.54) is 19.3 Å². The van der Waals surface area contributed by atoms with Crippen molar-refractivity contribution in [3.63, 3.8) is 0 Å². The van der Waals surface area contributed by atoms with E-state index in [9.17, 15) is 9.59 Å². The van der Waals surface area contributed by atoms with Gasteiger partial charge in [-0.05, 0) is 62.3 Å². The van der Waals surface area contributed by atoms with Gasteiger partial charge >= 0.3 is 0 Å². The quantitative estimate of drug-likeness (QED) is 0.621. The first-order valence-corrected chi connectivity index (χ1v) is 10.7. The highest BCUT2D eigenvalue weighted by molar-refractivity contribution is 5.91. The fraction of sp³-hybridized carbons (Fsp3) is 0.682. The highest BCUT2D eigenvalue weighted by atomic mass is 16.5.